The number of nitrogens with one attached hydrogen (secondary N) is 3. The molecule has 9 N–H and O–H groups in total. The Balaban J connectivity index is 1.52. The summed E-state index contributed by atoms with van der Waals surface area (Å²) in [6.07, 6.45) is -0.778. The molecule has 23 nitrogen and oxygen atoms in total. The molecule has 0 aromatic carbocycles. The second-order valence-corrected chi connectivity index (χ2v) is 12.7. The van der Waals surface area contributed by atoms with Crippen molar-refractivity contribution in [2.75, 3.05) is 18.9 Å². The number of amides is 4. The molecule has 2 atom stereocenters. The molecule has 4 amide bonds. The van der Waals surface area contributed by atoms with Gasteiger partial charge in [-0.3, -0.25) is 23.9 Å². The minimum absolute atomic E-state index is 0.0174. The average molecular weight is 715 g/mol. The van der Waals surface area contributed by atoms with Crippen LogP contribution in [0.1, 0.15) is 19.5 Å². The molecule has 1 aliphatic heterocycles. The third-order valence-electron chi connectivity index (χ3n) is 6.36. The zero-order valence-corrected chi connectivity index (χ0v) is 26.2. The van der Waals surface area contributed by atoms with Crippen molar-refractivity contribution in [2.45, 2.75) is 38.1 Å². The van der Waals surface area contributed by atoms with Gasteiger partial charge in [0, 0.05) is 17.6 Å². The number of oxime groups is 1. The van der Waals surface area contributed by atoms with Gasteiger partial charge in [-0.25, -0.2) is 24.1 Å². The topological polar surface area (TPSA) is 344 Å². The van der Waals surface area contributed by atoms with Gasteiger partial charge in [-0.05, 0) is 13.8 Å². The monoisotopic (exact) mass is 714 g/mol. The van der Waals surface area contributed by atoms with E-state index in [0.29, 0.717) is 9.47 Å². The molecule has 4 rings (SSSR count). The lowest BCUT2D eigenvalue weighted by Crippen LogP contribution is -2.68. The summed E-state index contributed by atoms with van der Waals surface area (Å²) in [5.41, 5.74) is 0.324. The number of thiazole rings is 1. The molecule has 3 aromatic heterocycles. The number of carbonyl (C=O) groups excluding carboxylic acids is 3. The van der Waals surface area contributed by atoms with Crippen LogP contribution in [0, 0.1) is 0 Å². The summed E-state index contributed by atoms with van der Waals surface area (Å²) < 4.78 is 27.9. The summed E-state index contributed by atoms with van der Waals surface area (Å²) in [5, 5.41) is 48.6. The Morgan fingerprint density at radius 2 is 1.98 bits per heavy atom. The van der Waals surface area contributed by atoms with Crippen molar-refractivity contribution in [3.63, 3.8) is 0 Å². The van der Waals surface area contributed by atoms with Crippen LogP contribution in [0.25, 0.3) is 11.5 Å². The van der Waals surface area contributed by atoms with E-state index >= 15 is 0 Å². The van der Waals surface area contributed by atoms with Crippen LogP contribution in [-0.4, -0.2) is 118 Å². The number of aliphatic hydroxyl groups is 2. The largest absolute Gasteiger partial charge is 0.503 e. The van der Waals surface area contributed by atoms with E-state index < -0.39 is 99.9 Å². The van der Waals surface area contributed by atoms with Crippen LogP contribution < -0.4 is 26.9 Å². The number of imide groups is 1. The van der Waals surface area contributed by atoms with Gasteiger partial charge < -0.3 is 41.3 Å². The van der Waals surface area contributed by atoms with E-state index in [4.69, 9.17) is 10.6 Å². The summed E-state index contributed by atoms with van der Waals surface area (Å²) in [6.45, 7) is 0.137. The van der Waals surface area contributed by atoms with Crippen molar-refractivity contribution < 1.29 is 52.9 Å². The Labute approximate surface area is 271 Å². The highest BCUT2D eigenvalue weighted by Crippen LogP contribution is 2.18. The number of nitrogens with two attached hydrogens (primary N) is 1. The number of carbonyl (C=O) groups is 4. The number of hydrogen-bond donors (Lipinski definition) is 8. The normalized spacial score (nSPS) is 15.8. The summed E-state index contributed by atoms with van der Waals surface area (Å²) in [5.74, 6) is -4.89. The number of pyridine rings is 1. The Bertz CT molecular complexity index is 2050. The Morgan fingerprint density at radius 3 is 2.54 bits per heavy atom. The van der Waals surface area contributed by atoms with Crippen molar-refractivity contribution in [3.8, 4) is 17.3 Å². The van der Waals surface area contributed by atoms with E-state index in [1.54, 1.807) is 0 Å². The lowest BCUT2D eigenvalue weighted by Gasteiger charge is -2.36. The summed E-state index contributed by atoms with van der Waals surface area (Å²) in [7, 11) is -5.22. The molecule has 1 saturated heterocycles. The van der Waals surface area contributed by atoms with Gasteiger partial charge in [0.1, 0.15) is 11.7 Å². The number of β-lactam (4-membered cyclic amide) rings is 1. The number of aromatic nitrogens is 5. The molecular weight excluding hydrogens is 688 g/mol. The molecule has 48 heavy (non-hydrogen) atoms. The van der Waals surface area contributed by atoms with Crippen LogP contribution in [0.3, 0.4) is 0 Å². The van der Waals surface area contributed by atoms with Crippen LogP contribution in [0.5, 0.6) is 5.75 Å². The first kappa shape index (κ1) is 35.2. The number of aromatic amines is 1. The Kier molecular flexibility index (Phi) is 9.69. The van der Waals surface area contributed by atoms with Crippen LogP contribution in [0.15, 0.2) is 32.4 Å². The van der Waals surface area contributed by atoms with Gasteiger partial charge in [-0.2, -0.15) is 8.42 Å². The molecule has 0 spiro atoms. The molecule has 0 aliphatic carbocycles. The Hall–Kier alpha value is -5.66. The van der Waals surface area contributed by atoms with Crippen molar-refractivity contribution in [3.05, 3.63) is 44.0 Å². The second kappa shape index (κ2) is 13.2. The van der Waals surface area contributed by atoms with Crippen LogP contribution in [0.4, 0.5) is 9.93 Å². The predicted molar refractivity (Wildman–Crippen MR) is 160 cm³/mol. The number of aliphatic hydroxyl groups excluding tert-OH is 2. The number of aromatic hydroxyl groups is 1. The maximum Gasteiger partial charge on any atom is 0.362 e. The molecule has 1 fully saturated rings. The highest BCUT2D eigenvalue weighted by atomic mass is 32.2. The van der Waals surface area contributed by atoms with Gasteiger partial charge in [-0.15, -0.1) is 16.4 Å². The molecule has 3 aromatic rings. The molecule has 25 heteroatoms. The summed E-state index contributed by atoms with van der Waals surface area (Å²) >= 11 is 0.913. The molecule has 0 radical (unpaired) electrons. The lowest BCUT2D eigenvalue weighted by atomic mass is 10.1. The van der Waals surface area contributed by atoms with Gasteiger partial charge in [0.25, 0.3) is 11.8 Å². The third kappa shape index (κ3) is 7.17. The quantitative estimate of drug-likeness (QED) is 0.0502. The molecule has 0 bridgehead atoms. The first-order chi connectivity index (χ1) is 22.4. The SMILES string of the molecule is CC(C)(ON=C(C(=O)N[C@H]1CN(C(=O)NS(=O)(=O)n2nc(-c3cc(=O)c(O)c[nH]3)n(C[C@@H](O)CO)c2=O)C1=O)c1csc(N)n1)C(=O)O. The average Bonchev–Trinajstić information content (AvgIpc) is 3.58. The maximum absolute atomic E-state index is 13.0. The first-order valence-corrected chi connectivity index (χ1v) is 15.5. The van der Waals surface area contributed by atoms with Gasteiger partial charge >= 0.3 is 27.9 Å². The van der Waals surface area contributed by atoms with Crippen LogP contribution >= 0.6 is 11.3 Å². The first-order valence-electron chi connectivity index (χ1n) is 13.2. The molecule has 1 aliphatic rings. The number of urea groups is 1. The number of carboxylic acids is 1. The standard InChI is InChI=1S/C23H26N10O13S2/c1-23(2,19(40)41)46-29-15(12-8-47-20(24)27-12)17(38)26-11-6-32(18(11)39)21(42)30-48(44,45)33-22(43)31(5-9(35)7-34)16(28-33)10-3-13(36)14(37)4-25-10/h3-4,8-9,11,34-35,37H,5-7H2,1-2H3,(H2,24,27)(H,25,36)(H,26,38)(H,30,42)(H,40,41)/t9-,11+/m1/s1. The maximum atomic E-state index is 13.0. The lowest BCUT2D eigenvalue weighted by molar-refractivity contribution is -0.161. The number of anilines is 1. The molecule has 0 saturated carbocycles. The minimum atomic E-state index is -5.22. The fourth-order valence-corrected chi connectivity index (χ4v) is 5.16. The highest BCUT2D eigenvalue weighted by molar-refractivity contribution is 7.88. The van der Waals surface area contributed by atoms with Crippen LogP contribution in [0.2, 0.25) is 0 Å². The Morgan fingerprint density at radius 1 is 1.29 bits per heavy atom. The van der Waals surface area contributed by atoms with E-state index in [-0.39, 0.29) is 20.6 Å². The predicted octanol–water partition coefficient (Wildman–Crippen LogP) is -4.09. The van der Waals surface area contributed by atoms with Crippen molar-refractivity contribution in [1.82, 2.24) is 38.7 Å². The van der Waals surface area contributed by atoms with Crippen LogP contribution in [-0.2, 0) is 36.0 Å². The van der Waals surface area contributed by atoms with E-state index in [0.717, 1.165) is 37.4 Å². The number of likely N-dealkylation sites (tertiary alicyclic amines) is 1. The van der Waals surface area contributed by atoms with Crippen molar-refractivity contribution in [2.24, 2.45) is 5.16 Å². The number of hydrogen-bond acceptors (Lipinski definition) is 17. The minimum Gasteiger partial charge on any atom is -0.503 e. The summed E-state index contributed by atoms with van der Waals surface area (Å²) in [6, 6.07) is -2.20. The number of carboxylic acid groups (broad SMARTS) is 1. The van der Waals surface area contributed by atoms with Crippen molar-refractivity contribution >= 4 is 56.2 Å². The molecule has 258 valence electrons. The fourth-order valence-electron chi connectivity index (χ4n) is 3.71. The van der Waals surface area contributed by atoms with Gasteiger partial charge in [0.2, 0.25) is 11.0 Å². The van der Waals surface area contributed by atoms with Gasteiger partial charge in [0.15, 0.2) is 22.4 Å². The second-order valence-electron chi connectivity index (χ2n) is 10.3. The molecular formula is C23H26N10O13S2. The zero-order valence-electron chi connectivity index (χ0n) is 24.5. The van der Waals surface area contributed by atoms with Gasteiger partial charge in [-0.1, -0.05) is 9.24 Å². The number of aliphatic carboxylic acids is 1. The molecule has 0 unspecified atom stereocenters. The highest BCUT2D eigenvalue weighted by Gasteiger charge is 2.44. The molecule has 4 heterocycles. The number of nitrogens with zero attached hydrogens (tertiary/aromatic N) is 6. The summed E-state index contributed by atoms with van der Waals surface area (Å²) in [4.78, 5) is 86.4. The third-order valence-corrected chi connectivity index (χ3v) is 8.16. The smallest absolute Gasteiger partial charge is 0.362 e. The van der Waals surface area contributed by atoms with Gasteiger partial charge in [0.05, 0.1) is 31.5 Å². The fraction of sp³-hybridized carbons (Fsp3) is 0.348. The van der Waals surface area contributed by atoms with Crippen molar-refractivity contribution in [1.29, 1.82) is 0 Å². The van der Waals surface area contributed by atoms with E-state index in [9.17, 15) is 57.6 Å². The number of H-pyrrole nitrogens is 1. The number of rotatable bonds is 12. The zero-order chi connectivity index (χ0) is 35.7. The number of nitrogen functional groups attached to an aromatic ring is 1. The van der Waals surface area contributed by atoms with E-state index in [1.165, 1.54) is 10.1 Å². The van der Waals surface area contributed by atoms with E-state index in [1.807, 2.05) is 0 Å². The van der Waals surface area contributed by atoms with E-state index in [2.05, 4.69) is 25.5 Å².